The van der Waals surface area contributed by atoms with Gasteiger partial charge in [0.15, 0.2) is 5.17 Å². The van der Waals surface area contributed by atoms with E-state index in [1.165, 1.54) is 23.9 Å². The van der Waals surface area contributed by atoms with Crippen LogP contribution in [-0.2, 0) is 20.9 Å². The highest BCUT2D eigenvalue weighted by Gasteiger charge is 2.41. The fourth-order valence-corrected chi connectivity index (χ4v) is 5.09. The summed E-state index contributed by atoms with van der Waals surface area (Å²) in [6.07, 6.45) is -0.219. The van der Waals surface area contributed by atoms with E-state index in [0.29, 0.717) is 27.2 Å². The molecule has 6 nitrogen and oxygen atoms in total. The first-order chi connectivity index (χ1) is 16.7. The molecule has 2 heterocycles. The van der Waals surface area contributed by atoms with Crippen molar-refractivity contribution in [3.05, 3.63) is 92.9 Å². The average Bonchev–Trinajstić information content (AvgIpc) is 3.19. The normalized spacial score (nSPS) is 17.2. The van der Waals surface area contributed by atoms with Crippen molar-refractivity contribution in [1.82, 2.24) is 10.2 Å². The van der Waals surface area contributed by atoms with Crippen LogP contribution in [0.25, 0.3) is 0 Å². The highest BCUT2D eigenvalue weighted by atomic mass is 35.5. The first kappa shape index (κ1) is 25.0. The molecular weight excluding hydrogens is 489 g/mol. The number of hydrogen-bond acceptors (Lipinski definition) is 6. The third kappa shape index (κ3) is 5.77. The zero-order valence-corrected chi connectivity index (χ0v) is 21.1. The molecule has 35 heavy (non-hydrogen) atoms. The first-order valence-electron chi connectivity index (χ1n) is 11.1. The lowest BCUT2D eigenvalue weighted by molar-refractivity contribution is -0.143. The predicted octanol–water partition coefficient (Wildman–Crippen LogP) is 5.71. The van der Waals surface area contributed by atoms with E-state index in [-0.39, 0.29) is 30.8 Å². The summed E-state index contributed by atoms with van der Waals surface area (Å²) < 4.78 is 18.7. The number of fused-ring (bicyclic) bond motifs is 1. The number of rotatable bonds is 7. The number of hydrogen-bond donors (Lipinski definition) is 1. The lowest BCUT2D eigenvalue weighted by Crippen LogP contribution is -2.38. The number of esters is 1. The fourth-order valence-electron chi connectivity index (χ4n) is 3.93. The summed E-state index contributed by atoms with van der Waals surface area (Å²) >= 11 is 7.70. The number of carbonyl (C=O) groups is 2. The van der Waals surface area contributed by atoms with Gasteiger partial charge in [0.1, 0.15) is 5.82 Å². The predicted molar refractivity (Wildman–Crippen MR) is 136 cm³/mol. The molecule has 0 spiro atoms. The van der Waals surface area contributed by atoms with E-state index in [4.69, 9.17) is 16.3 Å². The molecule has 0 radical (unpaired) electrons. The number of aliphatic imine (C=N–C) groups is 1. The molecule has 1 atom stereocenters. The van der Waals surface area contributed by atoms with Gasteiger partial charge in [-0.15, -0.1) is 0 Å². The average molecular weight is 514 g/mol. The van der Waals surface area contributed by atoms with Crippen molar-refractivity contribution in [2.45, 2.75) is 45.9 Å². The van der Waals surface area contributed by atoms with Crippen LogP contribution < -0.4 is 5.32 Å². The van der Waals surface area contributed by atoms with E-state index >= 15 is 0 Å². The number of benzene rings is 2. The number of ether oxygens (including phenoxy) is 1. The van der Waals surface area contributed by atoms with Crippen LogP contribution in [0.1, 0.15) is 44.4 Å². The number of thioether (sulfide) groups is 1. The van der Waals surface area contributed by atoms with E-state index < -0.39 is 12.0 Å². The molecule has 1 amide bonds. The molecule has 9 heteroatoms. The zero-order valence-electron chi connectivity index (χ0n) is 19.5. The molecule has 0 aliphatic carbocycles. The molecule has 0 bridgehead atoms. The zero-order chi connectivity index (χ0) is 25.1. The van der Waals surface area contributed by atoms with Crippen LogP contribution in [-0.4, -0.2) is 28.0 Å². The fraction of sp³-hybridized carbons (Fsp3) is 0.269. The minimum absolute atomic E-state index is 0.0792. The SMILES string of the molecule is CC1=C(C(=O)OC(C)C)C(c2cccc(Cl)c2)N2C(CC(=O)NCc3ccc(F)cc3)=CSC2=N1. The monoisotopic (exact) mass is 513 g/mol. The number of allylic oxidation sites excluding steroid dienone is 1. The van der Waals surface area contributed by atoms with Gasteiger partial charge in [0, 0.05) is 17.3 Å². The van der Waals surface area contributed by atoms with Crippen LogP contribution in [0.15, 0.2) is 75.9 Å². The van der Waals surface area contributed by atoms with Gasteiger partial charge in [-0.3, -0.25) is 4.79 Å². The lowest BCUT2D eigenvalue weighted by atomic mass is 9.94. The molecule has 2 aliphatic rings. The second-order valence-electron chi connectivity index (χ2n) is 8.48. The van der Waals surface area contributed by atoms with Gasteiger partial charge in [-0.25, -0.2) is 14.2 Å². The van der Waals surface area contributed by atoms with Crippen molar-refractivity contribution in [3.8, 4) is 0 Å². The van der Waals surface area contributed by atoms with Crippen molar-refractivity contribution in [1.29, 1.82) is 0 Å². The Morgan fingerprint density at radius 1 is 1.23 bits per heavy atom. The van der Waals surface area contributed by atoms with Gasteiger partial charge in [0.2, 0.25) is 5.91 Å². The minimum Gasteiger partial charge on any atom is -0.459 e. The topological polar surface area (TPSA) is 71.0 Å². The second-order valence-corrected chi connectivity index (χ2v) is 9.76. The number of carbonyl (C=O) groups excluding carboxylic acids is 2. The molecule has 0 saturated carbocycles. The molecule has 2 aromatic carbocycles. The maximum absolute atomic E-state index is 13.1. The summed E-state index contributed by atoms with van der Waals surface area (Å²) in [5.41, 5.74) is 3.27. The van der Waals surface area contributed by atoms with Crippen LogP contribution in [0, 0.1) is 5.82 Å². The number of nitrogens with one attached hydrogen (secondary N) is 1. The second kappa shape index (κ2) is 10.7. The number of halogens is 2. The Hall–Kier alpha value is -3.10. The van der Waals surface area contributed by atoms with Crippen LogP contribution in [0.4, 0.5) is 4.39 Å². The molecular formula is C26H25ClFN3O3S. The molecule has 182 valence electrons. The van der Waals surface area contributed by atoms with Crippen LogP contribution >= 0.6 is 23.4 Å². The quantitative estimate of drug-likeness (QED) is 0.480. The van der Waals surface area contributed by atoms with Crippen molar-refractivity contribution >= 4 is 40.4 Å². The molecule has 0 saturated heterocycles. The number of amides is 1. The first-order valence-corrected chi connectivity index (χ1v) is 12.4. The summed E-state index contributed by atoms with van der Waals surface area (Å²) in [5, 5.41) is 5.96. The Morgan fingerprint density at radius 3 is 2.66 bits per heavy atom. The van der Waals surface area contributed by atoms with Crippen molar-refractivity contribution < 1.29 is 18.7 Å². The van der Waals surface area contributed by atoms with Crippen molar-refractivity contribution in [3.63, 3.8) is 0 Å². The van der Waals surface area contributed by atoms with Crippen LogP contribution in [0.3, 0.4) is 0 Å². The van der Waals surface area contributed by atoms with Crippen molar-refractivity contribution in [2.75, 3.05) is 0 Å². The van der Waals surface area contributed by atoms with Gasteiger partial charge in [-0.05, 0) is 61.6 Å². The Kier molecular flexibility index (Phi) is 7.62. The minimum atomic E-state index is -0.543. The van der Waals surface area contributed by atoms with E-state index in [2.05, 4.69) is 10.3 Å². The van der Waals surface area contributed by atoms with E-state index in [9.17, 15) is 14.0 Å². The summed E-state index contributed by atoms with van der Waals surface area (Å²) in [5.74, 6) is -0.987. The highest BCUT2D eigenvalue weighted by molar-refractivity contribution is 8.16. The maximum Gasteiger partial charge on any atom is 0.338 e. The number of nitrogens with zero attached hydrogens (tertiary/aromatic N) is 2. The molecule has 4 rings (SSSR count). The van der Waals surface area contributed by atoms with Gasteiger partial charge in [-0.1, -0.05) is 47.6 Å². The molecule has 1 unspecified atom stereocenters. The van der Waals surface area contributed by atoms with Crippen molar-refractivity contribution in [2.24, 2.45) is 4.99 Å². The molecule has 0 fully saturated rings. The van der Waals surface area contributed by atoms with E-state index in [0.717, 1.165) is 11.1 Å². The summed E-state index contributed by atoms with van der Waals surface area (Å²) in [6.45, 7) is 5.65. The summed E-state index contributed by atoms with van der Waals surface area (Å²) in [4.78, 5) is 32.5. The van der Waals surface area contributed by atoms with Crippen LogP contribution in [0.2, 0.25) is 5.02 Å². The Balaban J connectivity index is 1.60. The van der Waals surface area contributed by atoms with Gasteiger partial charge in [-0.2, -0.15) is 0 Å². The smallest absolute Gasteiger partial charge is 0.338 e. The third-order valence-electron chi connectivity index (χ3n) is 5.47. The van der Waals surface area contributed by atoms with Gasteiger partial charge < -0.3 is 15.0 Å². The Bertz CT molecular complexity index is 1240. The molecule has 1 N–H and O–H groups in total. The largest absolute Gasteiger partial charge is 0.459 e. The van der Waals surface area contributed by atoms with E-state index in [1.807, 2.05) is 22.4 Å². The summed E-state index contributed by atoms with van der Waals surface area (Å²) in [7, 11) is 0. The molecule has 0 aromatic heterocycles. The summed E-state index contributed by atoms with van der Waals surface area (Å²) in [6, 6.07) is 12.7. The van der Waals surface area contributed by atoms with Gasteiger partial charge in [0.25, 0.3) is 0 Å². The Morgan fingerprint density at radius 2 is 1.97 bits per heavy atom. The van der Waals surface area contributed by atoms with Crippen LogP contribution in [0.5, 0.6) is 0 Å². The maximum atomic E-state index is 13.1. The lowest BCUT2D eigenvalue weighted by Gasteiger charge is -2.36. The third-order valence-corrected chi connectivity index (χ3v) is 6.60. The standard InChI is InChI=1S/C26H25ClFN3O3S/c1-15(2)34-25(33)23-16(3)30-26-31(24(23)18-5-4-6-19(27)11-18)21(14-35-26)12-22(32)29-13-17-7-9-20(28)10-8-17/h4-11,14-15,24H,12-13H2,1-3H3,(H,29,32). The molecule has 2 aliphatic heterocycles. The van der Waals surface area contributed by atoms with Gasteiger partial charge >= 0.3 is 5.97 Å². The van der Waals surface area contributed by atoms with Gasteiger partial charge in [0.05, 0.1) is 29.8 Å². The molecule has 2 aromatic rings. The Labute approximate surface area is 212 Å². The number of amidine groups is 1. The van der Waals surface area contributed by atoms with E-state index in [1.54, 1.807) is 45.0 Å². The highest BCUT2D eigenvalue weighted by Crippen LogP contribution is 2.45.